The number of carbonyl (C=O) groups is 2. The third kappa shape index (κ3) is 6.27. The maximum absolute atomic E-state index is 14.0. The number of rotatable bonds is 9. The number of aromatic nitrogens is 2. The molecule has 2 aliphatic heterocycles. The van der Waals surface area contributed by atoms with Gasteiger partial charge in [0, 0.05) is 43.0 Å². The molecule has 5 rings (SSSR count). The Bertz CT molecular complexity index is 1450. The van der Waals surface area contributed by atoms with Crippen molar-refractivity contribution >= 4 is 29.4 Å². The fourth-order valence-corrected chi connectivity index (χ4v) is 5.22. The molecule has 12 heteroatoms. The van der Waals surface area contributed by atoms with Gasteiger partial charge in [0.25, 0.3) is 5.91 Å². The predicted octanol–water partition coefficient (Wildman–Crippen LogP) is 3.73. The molecular weight excluding hydrogens is 553 g/mol. The number of anilines is 1. The standard InChI is InChI=1S/C29H31ClFN5O5/c1-16(27(38)34-25(15-37)19-9-20(31)12-22(10-19)40-2)36-14-18-4-3-17(11-23(18)28(36)39)26-24(30)13-32-29(35-26)33-21-5-7-41-8-6-21/h3-4,9-13,16,21,25,37H,5-8,14-15H2,1-2H3,(H,34,38)(H,32,33,35)/t16-,25?/m1/s1. The van der Waals surface area contributed by atoms with Crippen molar-refractivity contribution in [3.63, 3.8) is 0 Å². The van der Waals surface area contributed by atoms with Crippen molar-refractivity contribution in [2.24, 2.45) is 0 Å². The van der Waals surface area contributed by atoms with Gasteiger partial charge in [0.2, 0.25) is 11.9 Å². The fourth-order valence-electron chi connectivity index (χ4n) is 5.02. The minimum absolute atomic E-state index is 0.203. The van der Waals surface area contributed by atoms with Crippen LogP contribution in [0.2, 0.25) is 5.02 Å². The second kappa shape index (κ2) is 12.4. The molecule has 1 unspecified atom stereocenters. The summed E-state index contributed by atoms with van der Waals surface area (Å²) in [5.41, 5.74) is 2.70. The zero-order valence-corrected chi connectivity index (χ0v) is 23.4. The van der Waals surface area contributed by atoms with Crippen LogP contribution >= 0.6 is 11.6 Å². The number of nitrogens with zero attached hydrogens (tertiary/aromatic N) is 3. The molecule has 0 spiro atoms. The van der Waals surface area contributed by atoms with Gasteiger partial charge in [0.1, 0.15) is 17.6 Å². The van der Waals surface area contributed by atoms with Gasteiger partial charge < -0.3 is 30.1 Å². The van der Waals surface area contributed by atoms with Crippen molar-refractivity contribution in [2.75, 3.05) is 32.2 Å². The highest BCUT2D eigenvalue weighted by Gasteiger charge is 2.35. The summed E-state index contributed by atoms with van der Waals surface area (Å²) in [4.78, 5) is 37.0. The van der Waals surface area contributed by atoms with Gasteiger partial charge in [0.05, 0.1) is 36.7 Å². The van der Waals surface area contributed by atoms with Crippen LogP contribution in [-0.2, 0) is 16.1 Å². The molecule has 10 nitrogen and oxygen atoms in total. The van der Waals surface area contributed by atoms with Crippen LogP contribution in [0.25, 0.3) is 11.3 Å². The first kappa shape index (κ1) is 28.7. The van der Waals surface area contributed by atoms with Gasteiger partial charge in [0.15, 0.2) is 0 Å². The Morgan fingerprint density at radius 2 is 2.05 bits per heavy atom. The number of aliphatic hydroxyl groups excluding tert-OH is 1. The lowest BCUT2D eigenvalue weighted by atomic mass is 10.0. The number of amides is 2. The van der Waals surface area contributed by atoms with Gasteiger partial charge in [-0.1, -0.05) is 23.7 Å². The van der Waals surface area contributed by atoms with Crippen molar-refractivity contribution in [3.8, 4) is 17.0 Å². The largest absolute Gasteiger partial charge is 0.497 e. The van der Waals surface area contributed by atoms with Crippen LogP contribution in [0.5, 0.6) is 5.75 Å². The molecule has 1 aromatic heterocycles. The summed E-state index contributed by atoms with van der Waals surface area (Å²) < 4.78 is 24.5. The van der Waals surface area contributed by atoms with Crippen molar-refractivity contribution in [1.29, 1.82) is 0 Å². The molecule has 3 heterocycles. The van der Waals surface area contributed by atoms with E-state index in [0.717, 1.165) is 18.4 Å². The Balaban J connectivity index is 1.31. The molecule has 3 N–H and O–H groups in total. The average Bonchev–Trinajstić information content (AvgIpc) is 3.31. The molecular formula is C29H31ClFN5O5. The van der Waals surface area contributed by atoms with E-state index in [9.17, 15) is 19.1 Å². The molecule has 0 radical (unpaired) electrons. The second-order valence-electron chi connectivity index (χ2n) is 10.1. The van der Waals surface area contributed by atoms with E-state index in [1.807, 2.05) is 12.1 Å². The van der Waals surface area contributed by atoms with Gasteiger partial charge in [-0.3, -0.25) is 9.59 Å². The number of aliphatic hydroxyl groups is 1. The Kier molecular flexibility index (Phi) is 8.67. The Morgan fingerprint density at radius 1 is 1.27 bits per heavy atom. The number of carbonyl (C=O) groups excluding carboxylic acids is 2. The zero-order chi connectivity index (χ0) is 29.1. The Hall–Kier alpha value is -3.80. The molecule has 2 aromatic carbocycles. The summed E-state index contributed by atoms with van der Waals surface area (Å²) >= 11 is 6.45. The number of methoxy groups -OCH3 is 1. The number of nitrogens with one attached hydrogen (secondary N) is 2. The van der Waals surface area contributed by atoms with Gasteiger partial charge in [-0.05, 0) is 49.1 Å². The molecule has 0 bridgehead atoms. The highest BCUT2D eigenvalue weighted by molar-refractivity contribution is 6.33. The highest BCUT2D eigenvalue weighted by atomic mass is 35.5. The number of benzene rings is 2. The minimum atomic E-state index is -0.884. The summed E-state index contributed by atoms with van der Waals surface area (Å²) in [5, 5.41) is 16.3. The number of halogens is 2. The summed E-state index contributed by atoms with van der Waals surface area (Å²) in [6, 6.07) is 7.81. The number of ether oxygens (including phenoxy) is 2. The first-order valence-electron chi connectivity index (χ1n) is 13.3. The smallest absolute Gasteiger partial charge is 0.255 e. The number of hydrogen-bond acceptors (Lipinski definition) is 8. The Labute approximate surface area is 241 Å². The van der Waals surface area contributed by atoms with Gasteiger partial charge in [-0.2, -0.15) is 0 Å². The lowest BCUT2D eigenvalue weighted by Gasteiger charge is -2.26. The van der Waals surface area contributed by atoms with Crippen LogP contribution in [-0.4, -0.2) is 70.8 Å². The van der Waals surface area contributed by atoms with Crippen molar-refractivity contribution in [1.82, 2.24) is 20.2 Å². The molecule has 2 aliphatic rings. The summed E-state index contributed by atoms with van der Waals surface area (Å²) in [7, 11) is 1.40. The maximum Gasteiger partial charge on any atom is 0.255 e. The molecule has 0 saturated carbocycles. The van der Waals surface area contributed by atoms with Crippen molar-refractivity contribution in [3.05, 3.63) is 70.1 Å². The third-order valence-electron chi connectivity index (χ3n) is 7.39. The van der Waals surface area contributed by atoms with Crippen LogP contribution < -0.4 is 15.4 Å². The molecule has 41 heavy (non-hydrogen) atoms. The molecule has 0 aliphatic carbocycles. The lowest BCUT2D eigenvalue weighted by molar-refractivity contribution is -0.126. The molecule has 1 saturated heterocycles. The number of hydrogen-bond donors (Lipinski definition) is 3. The zero-order valence-electron chi connectivity index (χ0n) is 22.7. The molecule has 2 amide bonds. The van der Waals surface area contributed by atoms with E-state index in [2.05, 4.69) is 20.6 Å². The van der Waals surface area contributed by atoms with E-state index in [-0.39, 0.29) is 24.2 Å². The fraction of sp³-hybridized carbons (Fsp3) is 0.379. The van der Waals surface area contributed by atoms with Crippen LogP contribution in [0.4, 0.5) is 10.3 Å². The number of fused-ring (bicyclic) bond motifs is 1. The summed E-state index contributed by atoms with van der Waals surface area (Å²) in [5.74, 6) is -0.655. The lowest BCUT2D eigenvalue weighted by Crippen LogP contribution is -2.46. The van der Waals surface area contributed by atoms with Gasteiger partial charge in [-0.15, -0.1) is 0 Å². The summed E-state index contributed by atoms with van der Waals surface area (Å²) in [6.07, 6.45) is 3.24. The van der Waals surface area contributed by atoms with Gasteiger partial charge in [-0.25, -0.2) is 14.4 Å². The topological polar surface area (TPSA) is 126 Å². The van der Waals surface area contributed by atoms with Crippen LogP contribution in [0.15, 0.2) is 42.6 Å². The first-order valence-corrected chi connectivity index (χ1v) is 13.7. The SMILES string of the molecule is COc1cc(F)cc(C(CO)NC(=O)[C@@H](C)N2Cc3ccc(-c4nc(NC5CCOCC5)ncc4Cl)cc3C2=O)c1. The highest BCUT2D eigenvalue weighted by Crippen LogP contribution is 2.32. The van der Waals surface area contributed by atoms with E-state index >= 15 is 0 Å². The van der Waals surface area contributed by atoms with Crippen LogP contribution in [0.1, 0.15) is 47.3 Å². The normalized spacial score (nSPS) is 16.7. The van der Waals surface area contributed by atoms with E-state index in [4.69, 9.17) is 21.1 Å². The predicted molar refractivity (Wildman–Crippen MR) is 150 cm³/mol. The first-order chi connectivity index (χ1) is 19.8. The van der Waals surface area contributed by atoms with E-state index in [1.165, 1.54) is 36.4 Å². The van der Waals surface area contributed by atoms with Gasteiger partial charge >= 0.3 is 0 Å². The minimum Gasteiger partial charge on any atom is -0.497 e. The second-order valence-corrected chi connectivity index (χ2v) is 10.5. The monoisotopic (exact) mass is 583 g/mol. The van der Waals surface area contributed by atoms with Crippen molar-refractivity contribution < 1.29 is 28.6 Å². The van der Waals surface area contributed by atoms with Crippen LogP contribution in [0, 0.1) is 5.82 Å². The quantitative estimate of drug-likeness (QED) is 0.348. The maximum atomic E-state index is 14.0. The molecule has 216 valence electrons. The van der Waals surface area contributed by atoms with E-state index < -0.39 is 30.4 Å². The average molecular weight is 584 g/mol. The molecule has 2 atom stereocenters. The Morgan fingerprint density at radius 3 is 2.78 bits per heavy atom. The van der Waals surface area contributed by atoms with E-state index in [0.29, 0.717) is 46.6 Å². The molecule has 1 fully saturated rings. The molecule has 3 aromatic rings. The summed E-state index contributed by atoms with van der Waals surface area (Å²) in [6.45, 7) is 2.73. The van der Waals surface area contributed by atoms with E-state index in [1.54, 1.807) is 13.0 Å². The van der Waals surface area contributed by atoms with Crippen molar-refractivity contribution in [2.45, 2.75) is 44.4 Å². The third-order valence-corrected chi connectivity index (χ3v) is 7.67. The van der Waals surface area contributed by atoms with Crippen LogP contribution in [0.3, 0.4) is 0 Å².